The van der Waals surface area contributed by atoms with Crippen molar-refractivity contribution in [3.8, 4) is 0 Å². The van der Waals surface area contributed by atoms with E-state index in [2.05, 4.69) is 33.0 Å². The van der Waals surface area contributed by atoms with Gasteiger partial charge in [-0.25, -0.2) is 0 Å². The summed E-state index contributed by atoms with van der Waals surface area (Å²) in [7, 11) is 0. The Hall–Kier alpha value is -2.92. The zero-order chi connectivity index (χ0) is 22.9. The third-order valence-corrected chi connectivity index (χ3v) is 8.14. The van der Waals surface area contributed by atoms with Gasteiger partial charge in [0.15, 0.2) is 0 Å². The fourth-order valence-corrected chi connectivity index (χ4v) is 6.10. The monoisotopic (exact) mass is 454 g/mol. The number of pyridine rings is 1. The summed E-state index contributed by atoms with van der Waals surface area (Å²) < 4.78 is 0. The van der Waals surface area contributed by atoms with Gasteiger partial charge in [-0.05, 0) is 61.1 Å². The summed E-state index contributed by atoms with van der Waals surface area (Å²) in [5.41, 5.74) is 5.98. The van der Waals surface area contributed by atoms with Crippen LogP contribution < -0.4 is 4.90 Å². The minimum Gasteiger partial charge on any atom is -0.368 e. The number of hydrogen-bond donors (Lipinski definition) is 0. The number of hydrogen-bond acceptors (Lipinski definition) is 4. The van der Waals surface area contributed by atoms with E-state index in [9.17, 15) is 4.79 Å². The second-order valence-electron chi connectivity index (χ2n) is 10.1. The lowest BCUT2D eigenvalue weighted by atomic mass is 10.0. The lowest BCUT2D eigenvalue weighted by Gasteiger charge is -2.36. The zero-order valence-electron chi connectivity index (χ0n) is 20.0. The van der Waals surface area contributed by atoms with Crippen LogP contribution in [0.1, 0.15) is 47.2 Å². The molecule has 1 aliphatic carbocycles. The Labute approximate surface area is 202 Å². The van der Waals surface area contributed by atoms with Crippen LogP contribution in [0.25, 0.3) is 10.9 Å². The van der Waals surface area contributed by atoms with Gasteiger partial charge in [-0.3, -0.25) is 14.7 Å². The molecule has 5 nitrogen and oxygen atoms in total. The highest BCUT2D eigenvalue weighted by Crippen LogP contribution is 2.28. The molecule has 3 aliphatic rings. The number of anilines is 1. The van der Waals surface area contributed by atoms with E-state index < -0.39 is 0 Å². The smallest absolute Gasteiger partial charge is 0.255 e. The van der Waals surface area contributed by atoms with Crippen LogP contribution in [-0.2, 0) is 12.8 Å². The van der Waals surface area contributed by atoms with E-state index in [4.69, 9.17) is 0 Å². The first kappa shape index (κ1) is 21.6. The Morgan fingerprint density at radius 1 is 0.824 bits per heavy atom. The van der Waals surface area contributed by atoms with Crippen LogP contribution in [0, 0.1) is 0 Å². The molecule has 176 valence electrons. The number of carbonyl (C=O) groups is 1. The van der Waals surface area contributed by atoms with Crippen molar-refractivity contribution in [3.05, 3.63) is 71.4 Å². The van der Waals surface area contributed by atoms with Gasteiger partial charge in [-0.15, -0.1) is 0 Å². The molecule has 5 heteroatoms. The first-order valence-electron chi connectivity index (χ1n) is 13.0. The fourth-order valence-electron chi connectivity index (χ4n) is 6.10. The van der Waals surface area contributed by atoms with Crippen LogP contribution in [0.4, 0.5) is 5.69 Å². The lowest BCUT2D eigenvalue weighted by molar-refractivity contribution is 0.0746. The molecule has 1 saturated carbocycles. The van der Waals surface area contributed by atoms with Crippen molar-refractivity contribution in [1.29, 1.82) is 0 Å². The summed E-state index contributed by atoms with van der Waals surface area (Å²) in [4.78, 5) is 24.8. The summed E-state index contributed by atoms with van der Waals surface area (Å²) in [6.45, 7) is 5.65. The summed E-state index contributed by atoms with van der Waals surface area (Å²) in [6, 6.07) is 17.8. The number of benzene rings is 2. The Kier molecular flexibility index (Phi) is 5.96. The van der Waals surface area contributed by atoms with E-state index in [-0.39, 0.29) is 5.91 Å². The summed E-state index contributed by atoms with van der Waals surface area (Å²) in [6.07, 6.45) is 9.65. The van der Waals surface area contributed by atoms with E-state index in [0.29, 0.717) is 5.56 Å². The average molecular weight is 455 g/mol. The minimum atomic E-state index is 0.0897. The molecule has 1 saturated heterocycles. The van der Waals surface area contributed by atoms with Gasteiger partial charge in [0.25, 0.3) is 5.91 Å². The molecule has 0 atom stereocenters. The predicted molar refractivity (Wildman–Crippen MR) is 138 cm³/mol. The third kappa shape index (κ3) is 4.29. The molecule has 3 heterocycles. The molecule has 1 aromatic heterocycles. The van der Waals surface area contributed by atoms with Gasteiger partial charge in [0.05, 0.1) is 11.1 Å². The van der Waals surface area contributed by atoms with Gasteiger partial charge in [0, 0.05) is 62.6 Å². The van der Waals surface area contributed by atoms with E-state index in [1.807, 2.05) is 35.2 Å². The number of piperazine rings is 1. The van der Waals surface area contributed by atoms with Crippen molar-refractivity contribution in [2.45, 2.75) is 44.6 Å². The van der Waals surface area contributed by atoms with Gasteiger partial charge >= 0.3 is 0 Å². The minimum absolute atomic E-state index is 0.0897. The van der Waals surface area contributed by atoms with Crippen LogP contribution in [0.5, 0.6) is 0 Å². The molecule has 6 rings (SSSR count). The molecule has 2 fully saturated rings. The van der Waals surface area contributed by atoms with Crippen LogP contribution in [0.2, 0.25) is 0 Å². The van der Waals surface area contributed by atoms with Crippen molar-refractivity contribution in [1.82, 2.24) is 14.8 Å². The maximum absolute atomic E-state index is 13.1. The van der Waals surface area contributed by atoms with Crippen molar-refractivity contribution < 1.29 is 4.79 Å². The molecular formula is C29H34N4O. The van der Waals surface area contributed by atoms with E-state index in [1.54, 1.807) is 6.20 Å². The first-order chi connectivity index (χ1) is 16.7. The number of rotatable bonds is 3. The largest absolute Gasteiger partial charge is 0.368 e. The van der Waals surface area contributed by atoms with E-state index in [0.717, 1.165) is 49.5 Å². The van der Waals surface area contributed by atoms with Gasteiger partial charge in [-0.2, -0.15) is 0 Å². The normalized spacial score (nSPS) is 19.9. The van der Waals surface area contributed by atoms with Crippen LogP contribution in [0.15, 0.2) is 54.7 Å². The number of nitrogens with zero attached hydrogens (tertiary/aromatic N) is 4. The molecule has 0 N–H and O–H groups in total. The Morgan fingerprint density at radius 3 is 2.41 bits per heavy atom. The van der Waals surface area contributed by atoms with Crippen LogP contribution in [-0.4, -0.2) is 66.0 Å². The number of para-hydroxylation sites is 1. The summed E-state index contributed by atoms with van der Waals surface area (Å²) in [5, 5.41) is 1.02. The zero-order valence-corrected chi connectivity index (χ0v) is 20.0. The first-order valence-corrected chi connectivity index (χ1v) is 13.0. The Balaban J connectivity index is 1.10. The lowest BCUT2D eigenvalue weighted by Crippen LogP contribution is -2.48. The third-order valence-electron chi connectivity index (χ3n) is 8.14. The van der Waals surface area contributed by atoms with Gasteiger partial charge in [0.1, 0.15) is 0 Å². The number of aromatic nitrogens is 1. The number of carbonyl (C=O) groups excluding carboxylic acids is 1. The van der Waals surface area contributed by atoms with Crippen molar-refractivity contribution in [3.63, 3.8) is 0 Å². The maximum atomic E-state index is 13.1. The molecular weight excluding hydrogens is 420 g/mol. The quantitative estimate of drug-likeness (QED) is 0.583. The molecule has 0 unspecified atom stereocenters. The van der Waals surface area contributed by atoms with Crippen molar-refractivity contribution >= 4 is 22.5 Å². The van der Waals surface area contributed by atoms with E-state index in [1.165, 1.54) is 62.0 Å². The molecule has 1 amide bonds. The van der Waals surface area contributed by atoms with E-state index >= 15 is 0 Å². The SMILES string of the molecule is O=C(c1cnc2ccccc2c1)N1CCN(c2ccc3c(c2)CCN(C2CCCC2)CC3)CC1. The molecule has 2 aromatic carbocycles. The molecule has 0 radical (unpaired) electrons. The van der Waals surface area contributed by atoms with Gasteiger partial charge in [0.2, 0.25) is 0 Å². The highest BCUT2D eigenvalue weighted by molar-refractivity contribution is 5.97. The maximum Gasteiger partial charge on any atom is 0.255 e. The van der Waals surface area contributed by atoms with Crippen molar-refractivity contribution in [2.75, 3.05) is 44.2 Å². The molecule has 3 aromatic rings. The molecule has 0 spiro atoms. The number of amides is 1. The predicted octanol–water partition coefficient (Wildman–Crippen LogP) is 4.54. The molecule has 0 bridgehead atoms. The molecule has 34 heavy (non-hydrogen) atoms. The van der Waals surface area contributed by atoms with Crippen molar-refractivity contribution in [2.24, 2.45) is 0 Å². The molecule has 2 aliphatic heterocycles. The highest BCUT2D eigenvalue weighted by atomic mass is 16.2. The van der Waals surface area contributed by atoms with Gasteiger partial charge < -0.3 is 9.80 Å². The Bertz CT molecular complexity index is 1180. The highest BCUT2D eigenvalue weighted by Gasteiger charge is 2.26. The fraction of sp³-hybridized carbons (Fsp3) is 0.448. The number of fused-ring (bicyclic) bond motifs is 2. The Morgan fingerprint density at radius 2 is 1.59 bits per heavy atom. The topological polar surface area (TPSA) is 39.7 Å². The average Bonchev–Trinajstić information content (AvgIpc) is 3.35. The summed E-state index contributed by atoms with van der Waals surface area (Å²) in [5.74, 6) is 0.0897. The second-order valence-corrected chi connectivity index (χ2v) is 10.1. The second kappa shape index (κ2) is 9.38. The summed E-state index contributed by atoms with van der Waals surface area (Å²) >= 11 is 0. The van der Waals surface area contributed by atoms with Crippen LogP contribution in [0.3, 0.4) is 0 Å². The van der Waals surface area contributed by atoms with Crippen LogP contribution >= 0.6 is 0 Å². The van der Waals surface area contributed by atoms with Gasteiger partial charge in [-0.1, -0.05) is 37.1 Å². The standard InChI is InChI=1S/C29H34N4O/c34-29(25-19-24-5-1-4-8-28(24)30-21-25)33-17-15-32(16-18-33)27-10-9-22-11-13-31(14-12-23(22)20-27)26-6-2-3-7-26/h1,4-5,8-10,19-21,26H,2-3,6-7,11-18H2.